The van der Waals surface area contributed by atoms with Gasteiger partial charge < -0.3 is 9.84 Å². The highest BCUT2D eigenvalue weighted by molar-refractivity contribution is 5.70. The summed E-state index contributed by atoms with van der Waals surface area (Å²) in [4.78, 5) is 10.9. The van der Waals surface area contributed by atoms with E-state index in [-0.39, 0.29) is 18.3 Å². The number of aliphatic carboxylic acids is 1. The fourth-order valence-electron chi connectivity index (χ4n) is 1.48. The molecule has 0 bridgehead atoms. The van der Waals surface area contributed by atoms with Crippen LogP contribution in [0.2, 0.25) is 0 Å². The molecule has 1 unspecified atom stereocenters. The zero-order valence-electron chi connectivity index (χ0n) is 10.6. The van der Waals surface area contributed by atoms with Gasteiger partial charge in [-0.15, -0.1) is 0 Å². The number of benzene rings is 1. The van der Waals surface area contributed by atoms with Crippen molar-refractivity contribution in [3.05, 3.63) is 29.8 Å². The number of hydrogen-bond acceptors (Lipinski definition) is 2. The van der Waals surface area contributed by atoms with Crippen LogP contribution in [0.4, 0.5) is 13.2 Å². The molecule has 0 aromatic heterocycles. The smallest absolute Gasteiger partial charge is 0.416 e. The number of rotatable bonds is 5. The molecule has 0 saturated heterocycles. The van der Waals surface area contributed by atoms with Crippen LogP contribution >= 0.6 is 0 Å². The van der Waals surface area contributed by atoms with Gasteiger partial charge >= 0.3 is 12.1 Å². The highest BCUT2D eigenvalue weighted by Crippen LogP contribution is 2.30. The van der Waals surface area contributed by atoms with Gasteiger partial charge in [0.25, 0.3) is 0 Å². The monoisotopic (exact) mass is 276 g/mol. The fraction of sp³-hybridized carbons (Fsp3) is 0.462. The Balaban J connectivity index is 2.66. The van der Waals surface area contributed by atoms with Gasteiger partial charge in [0, 0.05) is 0 Å². The van der Waals surface area contributed by atoms with Crippen LogP contribution < -0.4 is 4.74 Å². The lowest BCUT2D eigenvalue weighted by Gasteiger charge is -2.17. The van der Waals surface area contributed by atoms with E-state index in [0.29, 0.717) is 0 Å². The third-order valence-electron chi connectivity index (χ3n) is 2.73. The molecular formula is C13H15F3O3. The van der Waals surface area contributed by atoms with Gasteiger partial charge in [-0.05, 0) is 30.2 Å². The summed E-state index contributed by atoms with van der Waals surface area (Å²) >= 11 is 0. The zero-order valence-corrected chi connectivity index (χ0v) is 10.6. The molecule has 1 aromatic rings. The van der Waals surface area contributed by atoms with Crippen molar-refractivity contribution in [2.45, 2.75) is 20.0 Å². The molecule has 0 aliphatic rings. The standard InChI is InChI=1S/C13H15F3O3/c1-8(2)11(12(17)18)7-19-10-5-3-9(4-6-10)13(14,15)16/h3-6,8,11H,7H2,1-2H3,(H,17,18). The van der Waals surface area contributed by atoms with Crippen molar-refractivity contribution in [1.82, 2.24) is 0 Å². The summed E-state index contributed by atoms with van der Waals surface area (Å²) in [6.45, 7) is 3.42. The Hall–Kier alpha value is -1.72. The normalized spacial score (nSPS) is 13.4. The van der Waals surface area contributed by atoms with E-state index in [1.165, 1.54) is 12.1 Å². The van der Waals surface area contributed by atoms with Crippen LogP contribution in [0.1, 0.15) is 19.4 Å². The Morgan fingerprint density at radius 3 is 2.16 bits per heavy atom. The lowest BCUT2D eigenvalue weighted by Crippen LogP contribution is -2.26. The second kappa shape index (κ2) is 5.95. The Bertz CT molecular complexity index is 424. The van der Waals surface area contributed by atoms with Gasteiger partial charge in [0.1, 0.15) is 12.4 Å². The molecule has 0 amide bonds. The first-order chi connectivity index (χ1) is 8.71. The maximum Gasteiger partial charge on any atom is 0.416 e. The summed E-state index contributed by atoms with van der Waals surface area (Å²) in [5.41, 5.74) is -0.765. The quantitative estimate of drug-likeness (QED) is 0.896. The van der Waals surface area contributed by atoms with E-state index in [1.807, 2.05) is 0 Å². The molecule has 6 heteroatoms. The first-order valence-electron chi connectivity index (χ1n) is 5.74. The second-order valence-corrected chi connectivity index (χ2v) is 4.52. The molecule has 0 saturated carbocycles. The van der Waals surface area contributed by atoms with Gasteiger partial charge in [-0.3, -0.25) is 4.79 Å². The number of carboxylic acids is 1. The van der Waals surface area contributed by atoms with Crippen molar-refractivity contribution in [3.8, 4) is 5.75 Å². The molecule has 1 aromatic carbocycles. The van der Waals surface area contributed by atoms with Crippen LogP contribution in [0.3, 0.4) is 0 Å². The minimum absolute atomic E-state index is 0.0711. The molecule has 19 heavy (non-hydrogen) atoms. The summed E-state index contributed by atoms with van der Waals surface area (Å²) in [5, 5.41) is 8.94. The summed E-state index contributed by atoms with van der Waals surface area (Å²) in [5.74, 6) is -1.57. The van der Waals surface area contributed by atoms with Gasteiger partial charge in [-0.25, -0.2) is 0 Å². The predicted octanol–water partition coefficient (Wildman–Crippen LogP) is 3.44. The Kier molecular flexibility index (Phi) is 4.80. The van der Waals surface area contributed by atoms with Crippen LogP contribution in [-0.2, 0) is 11.0 Å². The molecule has 0 aliphatic heterocycles. The summed E-state index contributed by atoms with van der Waals surface area (Å²) < 4.78 is 42.2. The molecule has 106 valence electrons. The molecule has 1 rings (SSSR count). The molecule has 0 aliphatic carbocycles. The number of carbonyl (C=O) groups is 1. The molecule has 0 heterocycles. The van der Waals surface area contributed by atoms with Crippen molar-refractivity contribution in [2.75, 3.05) is 6.61 Å². The average molecular weight is 276 g/mol. The van der Waals surface area contributed by atoms with Crippen LogP contribution in [0.5, 0.6) is 5.75 Å². The summed E-state index contributed by atoms with van der Waals surface area (Å²) in [6.07, 6.45) is -4.39. The number of carboxylic acid groups (broad SMARTS) is 1. The van der Waals surface area contributed by atoms with E-state index < -0.39 is 23.6 Å². The molecule has 3 nitrogen and oxygen atoms in total. The first kappa shape index (κ1) is 15.3. The minimum Gasteiger partial charge on any atom is -0.493 e. The largest absolute Gasteiger partial charge is 0.493 e. The van der Waals surface area contributed by atoms with Crippen LogP contribution in [0.15, 0.2) is 24.3 Å². The van der Waals surface area contributed by atoms with Crippen molar-refractivity contribution in [2.24, 2.45) is 11.8 Å². The van der Waals surface area contributed by atoms with E-state index in [0.717, 1.165) is 12.1 Å². The lowest BCUT2D eigenvalue weighted by atomic mass is 9.97. The third kappa shape index (κ3) is 4.46. The number of halogens is 3. The highest BCUT2D eigenvalue weighted by Gasteiger charge is 2.30. The SMILES string of the molecule is CC(C)C(COc1ccc(C(F)(F)F)cc1)C(=O)O. The van der Waals surface area contributed by atoms with Gasteiger partial charge in [0.05, 0.1) is 11.5 Å². The van der Waals surface area contributed by atoms with Gasteiger partial charge in [0.2, 0.25) is 0 Å². The number of ether oxygens (including phenoxy) is 1. The third-order valence-corrected chi connectivity index (χ3v) is 2.73. The maximum absolute atomic E-state index is 12.3. The van der Waals surface area contributed by atoms with Crippen molar-refractivity contribution < 1.29 is 27.8 Å². The average Bonchev–Trinajstić information content (AvgIpc) is 2.27. The topological polar surface area (TPSA) is 46.5 Å². The van der Waals surface area contributed by atoms with Crippen LogP contribution in [0.25, 0.3) is 0 Å². The van der Waals surface area contributed by atoms with Crippen molar-refractivity contribution in [3.63, 3.8) is 0 Å². The van der Waals surface area contributed by atoms with E-state index >= 15 is 0 Å². The van der Waals surface area contributed by atoms with Gasteiger partial charge in [0.15, 0.2) is 0 Å². The second-order valence-electron chi connectivity index (χ2n) is 4.52. The first-order valence-corrected chi connectivity index (χ1v) is 5.74. The minimum atomic E-state index is -4.39. The zero-order chi connectivity index (χ0) is 14.6. The Morgan fingerprint density at radius 1 is 1.26 bits per heavy atom. The lowest BCUT2D eigenvalue weighted by molar-refractivity contribution is -0.144. The fourth-order valence-corrected chi connectivity index (χ4v) is 1.48. The van der Waals surface area contributed by atoms with Crippen molar-refractivity contribution >= 4 is 5.97 Å². The molecular weight excluding hydrogens is 261 g/mol. The Morgan fingerprint density at radius 2 is 1.79 bits per heavy atom. The molecule has 1 atom stereocenters. The van der Waals surface area contributed by atoms with Crippen LogP contribution in [-0.4, -0.2) is 17.7 Å². The molecule has 0 fully saturated rings. The van der Waals surface area contributed by atoms with Crippen molar-refractivity contribution in [1.29, 1.82) is 0 Å². The molecule has 0 spiro atoms. The van der Waals surface area contributed by atoms with Crippen LogP contribution in [0, 0.1) is 11.8 Å². The number of hydrogen-bond donors (Lipinski definition) is 1. The maximum atomic E-state index is 12.3. The Labute approximate surface area is 109 Å². The van der Waals surface area contributed by atoms with Gasteiger partial charge in [-0.1, -0.05) is 13.8 Å². The van der Waals surface area contributed by atoms with E-state index in [4.69, 9.17) is 9.84 Å². The summed E-state index contributed by atoms with van der Waals surface area (Å²) in [6, 6.07) is 4.17. The highest BCUT2D eigenvalue weighted by atomic mass is 19.4. The van der Waals surface area contributed by atoms with Gasteiger partial charge in [-0.2, -0.15) is 13.2 Å². The predicted molar refractivity (Wildman–Crippen MR) is 62.9 cm³/mol. The van der Waals surface area contributed by atoms with E-state index in [2.05, 4.69) is 0 Å². The molecule has 1 N–H and O–H groups in total. The molecule has 0 radical (unpaired) electrons. The summed E-state index contributed by atoms with van der Waals surface area (Å²) in [7, 11) is 0. The number of alkyl halides is 3. The van der Waals surface area contributed by atoms with E-state index in [9.17, 15) is 18.0 Å². The van der Waals surface area contributed by atoms with E-state index in [1.54, 1.807) is 13.8 Å².